The number of carbonyl (C=O) groups is 3. The smallest absolute Gasteiger partial charge is 0.241 e. The van der Waals surface area contributed by atoms with Crippen LogP contribution in [0.1, 0.15) is 22.5 Å². The van der Waals surface area contributed by atoms with Crippen LogP contribution in [0.5, 0.6) is 0 Å². The highest BCUT2D eigenvalue weighted by atomic mass is 35.5. The van der Waals surface area contributed by atoms with Gasteiger partial charge in [-0.1, -0.05) is 16.8 Å². The van der Waals surface area contributed by atoms with Crippen LogP contribution in [0.25, 0.3) is 11.3 Å². The molecule has 1 fully saturated rings. The predicted octanol–water partition coefficient (Wildman–Crippen LogP) is 1.30. The summed E-state index contributed by atoms with van der Waals surface area (Å²) in [5, 5.41) is 12.8. The van der Waals surface area contributed by atoms with E-state index in [0.717, 1.165) is 11.2 Å². The quantitative estimate of drug-likeness (QED) is 0.527. The summed E-state index contributed by atoms with van der Waals surface area (Å²) in [4.78, 5) is 39.2. The number of carbonyl (C=O) groups excluding carboxylic acids is 3. The number of sulfone groups is 1. The Bertz CT molecular complexity index is 1160. The van der Waals surface area contributed by atoms with Crippen molar-refractivity contribution in [3.05, 3.63) is 34.5 Å². The predicted molar refractivity (Wildman–Crippen MR) is 106 cm³/mol. The Morgan fingerprint density at radius 3 is 2.57 bits per heavy atom. The van der Waals surface area contributed by atoms with E-state index in [2.05, 4.69) is 5.16 Å². The average Bonchev–Trinajstić information content (AvgIpc) is 3.09. The first-order chi connectivity index (χ1) is 14.0. The third-order valence-electron chi connectivity index (χ3n) is 5.02. The van der Waals surface area contributed by atoms with Crippen molar-refractivity contribution < 1.29 is 32.4 Å². The molecule has 1 aromatic heterocycles. The van der Waals surface area contributed by atoms with E-state index >= 15 is 0 Å². The molecule has 1 aliphatic rings. The lowest BCUT2D eigenvalue weighted by molar-refractivity contribution is -0.146. The van der Waals surface area contributed by atoms with Gasteiger partial charge in [-0.25, -0.2) is 8.42 Å². The molecule has 2 unspecified atom stereocenters. The lowest BCUT2D eigenvalue weighted by Crippen LogP contribution is -2.53. The summed E-state index contributed by atoms with van der Waals surface area (Å²) in [6, 6.07) is 3.11. The van der Waals surface area contributed by atoms with Crippen molar-refractivity contribution >= 4 is 38.9 Å². The largest absolute Gasteiger partial charge is 0.394 e. The van der Waals surface area contributed by atoms with E-state index in [-0.39, 0.29) is 33.2 Å². The van der Waals surface area contributed by atoms with Gasteiger partial charge in [0.15, 0.2) is 33.1 Å². The first-order valence-corrected chi connectivity index (χ1v) is 11.1. The minimum Gasteiger partial charge on any atom is -0.394 e. The van der Waals surface area contributed by atoms with Crippen molar-refractivity contribution in [2.45, 2.75) is 24.3 Å². The number of nitrogens with zero attached hydrogens (tertiary/aromatic N) is 2. The summed E-state index contributed by atoms with van der Waals surface area (Å²) in [7, 11) is -2.36. The van der Waals surface area contributed by atoms with Crippen LogP contribution in [0.3, 0.4) is 0 Å². The molecule has 1 amide bonds. The molecule has 30 heavy (non-hydrogen) atoms. The average molecular weight is 455 g/mol. The molecule has 1 N–H and O–H groups in total. The highest BCUT2D eigenvalue weighted by Crippen LogP contribution is 2.38. The number of benzene rings is 1. The van der Waals surface area contributed by atoms with Gasteiger partial charge in [-0.15, -0.1) is 0 Å². The second-order valence-corrected chi connectivity index (χ2v) is 9.52. The van der Waals surface area contributed by atoms with E-state index in [1.807, 2.05) is 0 Å². The number of aromatic nitrogens is 1. The van der Waals surface area contributed by atoms with Gasteiger partial charge in [-0.3, -0.25) is 14.4 Å². The van der Waals surface area contributed by atoms with Gasteiger partial charge in [0.1, 0.15) is 0 Å². The first-order valence-electron chi connectivity index (χ1n) is 8.88. The van der Waals surface area contributed by atoms with Crippen LogP contribution in [0.2, 0.25) is 5.02 Å². The molecule has 11 heteroatoms. The monoisotopic (exact) mass is 454 g/mol. The van der Waals surface area contributed by atoms with Crippen molar-refractivity contribution in [2.24, 2.45) is 5.92 Å². The molecule has 2 heterocycles. The Hall–Kier alpha value is -2.56. The van der Waals surface area contributed by atoms with Crippen molar-refractivity contribution in [3.63, 3.8) is 0 Å². The summed E-state index contributed by atoms with van der Waals surface area (Å²) in [6.45, 7) is 1.22. The molecular formula is C19H19ClN2O7S. The maximum Gasteiger partial charge on any atom is 0.241 e. The van der Waals surface area contributed by atoms with Gasteiger partial charge in [-0.2, -0.15) is 0 Å². The molecule has 1 aliphatic heterocycles. The maximum absolute atomic E-state index is 13.1. The van der Waals surface area contributed by atoms with Crippen molar-refractivity contribution in [1.29, 1.82) is 0 Å². The first kappa shape index (κ1) is 22.1. The zero-order valence-corrected chi connectivity index (χ0v) is 18.0. The molecule has 2 atom stereocenters. The van der Waals surface area contributed by atoms with Crippen molar-refractivity contribution in [3.8, 4) is 11.3 Å². The van der Waals surface area contributed by atoms with Crippen LogP contribution in [0.4, 0.5) is 0 Å². The minimum atomic E-state index is -3.76. The number of piperidine rings is 1. The molecule has 1 aromatic carbocycles. The van der Waals surface area contributed by atoms with E-state index in [4.69, 9.17) is 16.1 Å². The molecule has 9 nitrogen and oxygen atoms in total. The normalized spacial score (nSPS) is 20.0. The highest BCUT2D eigenvalue weighted by Gasteiger charge is 2.44. The Morgan fingerprint density at radius 1 is 1.37 bits per heavy atom. The SMILES string of the molecule is Cc1cc(-c2c(S(C)(=O)=O)ccc(C(=O)C3C(=O)CC(CO)N(C)C3=O)c2Cl)on1. The zero-order valence-electron chi connectivity index (χ0n) is 16.4. The number of hydrogen-bond donors (Lipinski definition) is 1. The van der Waals surface area contributed by atoms with Crippen molar-refractivity contribution in [1.82, 2.24) is 10.1 Å². The second-order valence-electron chi connectivity index (χ2n) is 7.16. The van der Waals surface area contributed by atoms with Gasteiger partial charge in [0.25, 0.3) is 0 Å². The molecule has 3 rings (SSSR count). The summed E-state index contributed by atoms with van der Waals surface area (Å²) >= 11 is 6.42. The molecule has 0 bridgehead atoms. The van der Waals surface area contributed by atoms with E-state index in [9.17, 15) is 27.9 Å². The van der Waals surface area contributed by atoms with Crippen LogP contribution in [0, 0.1) is 12.8 Å². The Morgan fingerprint density at radius 2 is 2.03 bits per heavy atom. The van der Waals surface area contributed by atoms with Gasteiger partial charge in [0.05, 0.1) is 33.8 Å². The third kappa shape index (κ3) is 3.78. The standard InChI is InChI=1S/C19H19ClN2O7S/c1-9-6-13(29-21-9)16-14(30(3,27)28)5-4-11(17(16)20)18(25)15-12(24)7-10(8-23)22(2)19(15)26/h4-6,10,15,23H,7-8H2,1-3H3. The molecule has 0 radical (unpaired) electrons. The Balaban J connectivity index is 2.14. The lowest BCUT2D eigenvalue weighted by atomic mass is 9.85. The minimum absolute atomic E-state index is 0.0336. The van der Waals surface area contributed by atoms with Crippen LogP contribution in [0.15, 0.2) is 27.6 Å². The molecule has 1 saturated heterocycles. The molecule has 0 saturated carbocycles. The number of hydrogen-bond acceptors (Lipinski definition) is 8. The molecule has 2 aromatic rings. The lowest BCUT2D eigenvalue weighted by Gasteiger charge is -2.34. The van der Waals surface area contributed by atoms with Gasteiger partial charge in [-0.05, 0) is 19.1 Å². The summed E-state index contributed by atoms with van der Waals surface area (Å²) in [6.07, 6.45) is 0.799. The highest BCUT2D eigenvalue weighted by molar-refractivity contribution is 7.90. The zero-order chi connectivity index (χ0) is 22.4. The number of amides is 1. The Labute approximate surface area is 177 Å². The number of aliphatic hydroxyl groups is 1. The number of likely N-dealkylation sites (N-methyl/N-ethyl adjacent to an activating group) is 1. The van der Waals surface area contributed by atoms with Crippen molar-refractivity contribution in [2.75, 3.05) is 19.9 Å². The number of aryl methyl sites for hydroxylation is 1. The van der Waals surface area contributed by atoms with Gasteiger partial charge in [0, 0.05) is 31.4 Å². The third-order valence-corrected chi connectivity index (χ3v) is 6.55. The fourth-order valence-electron chi connectivity index (χ4n) is 3.38. The number of Topliss-reactive ketones (excluding diaryl/α,β-unsaturated/α-hetero) is 2. The topological polar surface area (TPSA) is 135 Å². The van der Waals surface area contributed by atoms with Gasteiger partial charge >= 0.3 is 0 Å². The molecule has 0 aliphatic carbocycles. The fourth-order valence-corrected chi connectivity index (χ4v) is 4.67. The van der Waals surface area contributed by atoms with Crippen LogP contribution < -0.4 is 0 Å². The summed E-state index contributed by atoms with van der Waals surface area (Å²) in [5.74, 6) is -3.83. The molecule has 160 valence electrons. The Kier molecular flexibility index (Phi) is 5.85. The number of rotatable bonds is 5. The second kappa shape index (κ2) is 7.93. The van der Waals surface area contributed by atoms with E-state index < -0.39 is 45.9 Å². The summed E-state index contributed by atoms with van der Waals surface area (Å²) in [5.41, 5.74) is 0.213. The van der Waals surface area contributed by atoms with E-state index in [0.29, 0.717) is 5.69 Å². The van der Waals surface area contributed by atoms with Crippen LogP contribution in [-0.4, -0.2) is 67.0 Å². The van der Waals surface area contributed by atoms with Gasteiger partial charge < -0.3 is 14.5 Å². The fraction of sp³-hybridized carbons (Fsp3) is 0.368. The number of halogens is 1. The molecule has 0 spiro atoms. The van der Waals surface area contributed by atoms with E-state index in [1.165, 1.54) is 25.2 Å². The van der Waals surface area contributed by atoms with Gasteiger partial charge in [0.2, 0.25) is 5.91 Å². The molecular weight excluding hydrogens is 436 g/mol. The van der Waals surface area contributed by atoms with E-state index in [1.54, 1.807) is 6.92 Å². The number of ketones is 2. The number of likely N-dealkylation sites (tertiary alicyclic amines) is 1. The maximum atomic E-state index is 13.1. The number of aliphatic hydroxyl groups excluding tert-OH is 1. The van der Waals surface area contributed by atoms with Crippen LogP contribution >= 0.6 is 11.6 Å². The van der Waals surface area contributed by atoms with Crippen LogP contribution in [-0.2, 0) is 19.4 Å². The summed E-state index contributed by atoms with van der Waals surface area (Å²) < 4.78 is 29.6.